The van der Waals surface area contributed by atoms with Crippen molar-refractivity contribution in [3.8, 4) is 0 Å². The molecule has 2 aromatic heterocycles. The van der Waals surface area contributed by atoms with Crippen molar-refractivity contribution in [1.82, 2.24) is 15.1 Å². The summed E-state index contributed by atoms with van der Waals surface area (Å²) in [6.45, 7) is 2.53. The number of nitrogens with one attached hydrogen (secondary N) is 1. The number of ether oxygens (including phenoxy) is 1. The Labute approximate surface area is 127 Å². The van der Waals surface area contributed by atoms with E-state index in [1.165, 1.54) is 23.9 Å². The zero-order valence-electron chi connectivity index (χ0n) is 12.6. The zero-order chi connectivity index (χ0) is 15.9. The van der Waals surface area contributed by atoms with Crippen LogP contribution in [0.15, 0.2) is 39.7 Å². The standard InChI is InChI=1S/C15H19N3O4/c1-11(10-12-4-3-8-22-12)16-15(20)13-5-6-14(19)18(17-13)7-9-21-2/h3-6,8,11H,7,9-10H2,1-2H3,(H,16,20). The van der Waals surface area contributed by atoms with Gasteiger partial charge in [0.15, 0.2) is 0 Å². The second-order valence-corrected chi connectivity index (χ2v) is 4.93. The van der Waals surface area contributed by atoms with Crippen LogP contribution >= 0.6 is 0 Å². The SMILES string of the molecule is COCCn1nc(C(=O)NC(C)Cc2ccco2)ccc1=O. The molecule has 7 heteroatoms. The lowest BCUT2D eigenvalue weighted by molar-refractivity contribution is 0.0930. The molecule has 7 nitrogen and oxygen atoms in total. The second kappa shape index (κ2) is 7.56. The largest absolute Gasteiger partial charge is 0.469 e. The van der Waals surface area contributed by atoms with Crippen LogP contribution in [-0.2, 0) is 17.7 Å². The molecule has 1 unspecified atom stereocenters. The van der Waals surface area contributed by atoms with Gasteiger partial charge in [-0.25, -0.2) is 4.68 Å². The molecule has 0 aliphatic rings. The molecule has 2 heterocycles. The molecule has 0 fully saturated rings. The third-order valence-corrected chi connectivity index (χ3v) is 3.07. The molecule has 0 bridgehead atoms. The lowest BCUT2D eigenvalue weighted by Gasteiger charge is -2.12. The molecular formula is C15H19N3O4. The maximum absolute atomic E-state index is 12.2. The summed E-state index contributed by atoms with van der Waals surface area (Å²) in [5.74, 6) is 0.469. The first-order chi connectivity index (χ1) is 10.6. The van der Waals surface area contributed by atoms with Gasteiger partial charge in [-0.1, -0.05) is 0 Å². The van der Waals surface area contributed by atoms with E-state index in [0.29, 0.717) is 19.6 Å². The summed E-state index contributed by atoms with van der Waals surface area (Å²) >= 11 is 0. The number of carbonyl (C=O) groups is 1. The van der Waals surface area contributed by atoms with Crippen LogP contribution in [-0.4, -0.2) is 35.4 Å². The fraction of sp³-hybridized carbons (Fsp3) is 0.400. The fourth-order valence-corrected chi connectivity index (χ4v) is 1.99. The zero-order valence-corrected chi connectivity index (χ0v) is 12.6. The number of amides is 1. The summed E-state index contributed by atoms with van der Waals surface area (Å²) in [6, 6.07) is 6.29. The van der Waals surface area contributed by atoms with E-state index in [1.54, 1.807) is 12.3 Å². The molecule has 1 amide bonds. The number of carbonyl (C=O) groups excluding carboxylic acids is 1. The second-order valence-electron chi connectivity index (χ2n) is 4.93. The van der Waals surface area contributed by atoms with Gasteiger partial charge in [-0.2, -0.15) is 5.10 Å². The van der Waals surface area contributed by atoms with Crippen LogP contribution in [0.25, 0.3) is 0 Å². The average molecular weight is 305 g/mol. The summed E-state index contributed by atoms with van der Waals surface area (Å²) in [5, 5.41) is 6.88. The van der Waals surface area contributed by atoms with Gasteiger partial charge in [0.05, 0.1) is 19.4 Å². The summed E-state index contributed by atoms with van der Waals surface area (Å²) in [4.78, 5) is 23.8. The summed E-state index contributed by atoms with van der Waals surface area (Å²) in [6.07, 6.45) is 2.18. The number of hydrogen-bond acceptors (Lipinski definition) is 5. The van der Waals surface area contributed by atoms with Crippen LogP contribution in [0.3, 0.4) is 0 Å². The highest BCUT2D eigenvalue weighted by atomic mass is 16.5. The van der Waals surface area contributed by atoms with E-state index in [-0.39, 0.29) is 23.2 Å². The van der Waals surface area contributed by atoms with Crippen LogP contribution in [0.1, 0.15) is 23.2 Å². The molecular weight excluding hydrogens is 286 g/mol. The topological polar surface area (TPSA) is 86.4 Å². The lowest BCUT2D eigenvalue weighted by Crippen LogP contribution is -2.36. The molecule has 0 saturated carbocycles. The van der Waals surface area contributed by atoms with Gasteiger partial charge in [0.2, 0.25) is 0 Å². The van der Waals surface area contributed by atoms with Crippen LogP contribution in [0.2, 0.25) is 0 Å². The Morgan fingerprint density at radius 1 is 1.45 bits per heavy atom. The minimum Gasteiger partial charge on any atom is -0.469 e. The molecule has 118 valence electrons. The molecule has 1 N–H and O–H groups in total. The third-order valence-electron chi connectivity index (χ3n) is 3.07. The maximum atomic E-state index is 12.2. The Bertz CT molecular complexity index is 664. The molecule has 0 radical (unpaired) electrons. The first-order valence-corrected chi connectivity index (χ1v) is 7.00. The number of aromatic nitrogens is 2. The number of nitrogens with zero attached hydrogens (tertiary/aromatic N) is 2. The van der Waals surface area contributed by atoms with Gasteiger partial charge in [-0.05, 0) is 25.1 Å². The predicted molar refractivity (Wildman–Crippen MR) is 79.7 cm³/mol. The van der Waals surface area contributed by atoms with Crippen molar-refractivity contribution >= 4 is 5.91 Å². The normalized spacial score (nSPS) is 12.1. The van der Waals surface area contributed by atoms with Crippen LogP contribution in [0.5, 0.6) is 0 Å². The highest BCUT2D eigenvalue weighted by molar-refractivity contribution is 5.92. The summed E-state index contributed by atoms with van der Waals surface area (Å²) in [5.41, 5.74) is -0.0702. The molecule has 1 atom stereocenters. The Hall–Kier alpha value is -2.41. The fourth-order valence-electron chi connectivity index (χ4n) is 1.99. The van der Waals surface area contributed by atoms with E-state index in [9.17, 15) is 9.59 Å². The van der Waals surface area contributed by atoms with Crippen molar-refractivity contribution in [3.63, 3.8) is 0 Å². The average Bonchev–Trinajstić information content (AvgIpc) is 2.99. The Morgan fingerprint density at radius 3 is 2.95 bits per heavy atom. The Morgan fingerprint density at radius 2 is 2.27 bits per heavy atom. The third kappa shape index (κ3) is 4.29. The lowest BCUT2D eigenvalue weighted by atomic mass is 10.2. The van der Waals surface area contributed by atoms with Crippen LogP contribution < -0.4 is 10.9 Å². The van der Waals surface area contributed by atoms with E-state index in [0.717, 1.165) is 5.76 Å². The van der Waals surface area contributed by atoms with Gasteiger partial charge in [0.1, 0.15) is 11.5 Å². The van der Waals surface area contributed by atoms with E-state index >= 15 is 0 Å². The monoisotopic (exact) mass is 305 g/mol. The first-order valence-electron chi connectivity index (χ1n) is 7.00. The molecule has 0 spiro atoms. The van der Waals surface area contributed by atoms with Crippen LogP contribution in [0, 0.1) is 0 Å². The molecule has 0 saturated heterocycles. The predicted octanol–water partition coefficient (Wildman–Crippen LogP) is 0.844. The molecule has 0 aromatic carbocycles. The number of methoxy groups -OCH3 is 1. The van der Waals surface area contributed by atoms with Gasteiger partial charge >= 0.3 is 0 Å². The molecule has 22 heavy (non-hydrogen) atoms. The van der Waals surface area contributed by atoms with Crippen molar-refractivity contribution in [2.24, 2.45) is 0 Å². The van der Waals surface area contributed by atoms with E-state index in [4.69, 9.17) is 9.15 Å². The number of hydrogen-bond donors (Lipinski definition) is 1. The summed E-state index contributed by atoms with van der Waals surface area (Å²) in [7, 11) is 1.54. The highest BCUT2D eigenvalue weighted by Gasteiger charge is 2.14. The van der Waals surface area contributed by atoms with Crippen LogP contribution in [0.4, 0.5) is 0 Å². The molecule has 2 aromatic rings. The number of rotatable bonds is 7. The van der Waals surface area contributed by atoms with Crippen molar-refractivity contribution in [2.75, 3.05) is 13.7 Å². The molecule has 0 aliphatic carbocycles. The van der Waals surface area contributed by atoms with Gasteiger partial charge in [0, 0.05) is 25.6 Å². The van der Waals surface area contributed by atoms with Crippen molar-refractivity contribution < 1.29 is 13.9 Å². The van der Waals surface area contributed by atoms with E-state index in [1.807, 2.05) is 13.0 Å². The highest BCUT2D eigenvalue weighted by Crippen LogP contribution is 2.04. The Kier molecular flexibility index (Phi) is 5.48. The first kappa shape index (κ1) is 16.0. The van der Waals surface area contributed by atoms with Crippen molar-refractivity contribution in [3.05, 3.63) is 52.3 Å². The summed E-state index contributed by atoms with van der Waals surface area (Å²) < 4.78 is 11.4. The maximum Gasteiger partial charge on any atom is 0.271 e. The van der Waals surface area contributed by atoms with Gasteiger partial charge < -0.3 is 14.5 Å². The van der Waals surface area contributed by atoms with E-state index < -0.39 is 0 Å². The Balaban J connectivity index is 2.01. The quantitative estimate of drug-likeness (QED) is 0.819. The van der Waals surface area contributed by atoms with Gasteiger partial charge in [0.25, 0.3) is 11.5 Å². The van der Waals surface area contributed by atoms with Gasteiger partial charge in [-0.3, -0.25) is 9.59 Å². The minimum absolute atomic E-state index is 0.111. The smallest absolute Gasteiger partial charge is 0.271 e. The van der Waals surface area contributed by atoms with Gasteiger partial charge in [-0.15, -0.1) is 0 Å². The molecule has 2 rings (SSSR count). The van der Waals surface area contributed by atoms with Crippen molar-refractivity contribution in [1.29, 1.82) is 0 Å². The molecule has 0 aliphatic heterocycles. The number of furan rings is 1. The van der Waals surface area contributed by atoms with Crippen molar-refractivity contribution in [2.45, 2.75) is 25.9 Å². The van der Waals surface area contributed by atoms with E-state index in [2.05, 4.69) is 10.4 Å². The minimum atomic E-state index is -0.328.